The molecule has 0 spiro atoms. The highest BCUT2D eigenvalue weighted by molar-refractivity contribution is 5.95. The van der Waals surface area contributed by atoms with Crippen LogP contribution in [0, 0.1) is 10.1 Å². The van der Waals surface area contributed by atoms with Crippen molar-refractivity contribution in [3.05, 3.63) is 69.8 Å². The van der Waals surface area contributed by atoms with Crippen LogP contribution < -0.4 is 10.1 Å². The fourth-order valence-electron chi connectivity index (χ4n) is 3.56. The van der Waals surface area contributed by atoms with Gasteiger partial charge in [0.2, 0.25) is 0 Å². The Bertz CT molecular complexity index is 820. The molecule has 0 radical (unpaired) electrons. The number of carbonyl (C=O) groups is 1. The number of amides is 1. The molecule has 1 aliphatic heterocycles. The van der Waals surface area contributed by atoms with Gasteiger partial charge in [-0.15, -0.1) is 0 Å². The Morgan fingerprint density at radius 3 is 2.57 bits per heavy atom. The maximum absolute atomic E-state index is 12.6. The lowest BCUT2D eigenvalue weighted by atomic mass is 10.1. The van der Waals surface area contributed by atoms with Crippen LogP contribution in [0.3, 0.4) is 0 Å². The number of nitro benzene ring substituents is 1. The quantitative estimate of drug-likeness (QED) is 0.556. The van der Waals surface area contributed by atoms with Gasteiger partial charge in [-0.25, -0.2) is 0 Å². The molecule has 1 fully saturated rings. The summed E-state index contributed by atoms with van der Waals surface area (Å²) in [4.78, 5) is 25.8. The van der Waals surface area contributed by atoms with E-state index in [0.717, 1.165) is 31.5 Å². The highest BCUT2D eigenvalue weighted by Crippen LogP contribution is 2.28. The molecule has 148 valence electrons. The number of ether oxygens (including phenoxy) is 1. The second kappa shape index (κ2) is 9.32. The van der Waals surface area contributed by atoms with Crippen LogP contribution in [0.4, 0.5) is 5.69 Å². The summed E-state index contributed by atoms with van der Waals surface area (Å²) in [5.74, 6) is -0.158. The van der Waals surface area contributed by atoms with Gasteiger partial charge in [0.15, 0.2) is 5.75 Å². The second-order valence-corrected chi connectivity index (χ2v) is 6.75. The van der Waals surface area contributed by atoms with E-state index in [1.807, 2.05) is 18.2 Å². The van der Waals surface area contributed by atoms with Crippen molar-refractivity contribution in [2.45, 2.75) is 25.8 Å². The van der Waals surface area contributed by atoms with Crippen LogP contribution in [-0.2, 0) is 0 Å². The van der Waals surface area contributed by atoms with Crippen LogP contribution in [-0.4, -0.2) is 42.0 Å². The van der Waals surface area contributed by atoms with Crippen LogP contribution in [0.2, 0.25) is 0 Å². The van der Waals surface area contributed by atoms with E-state index in [-0.39, 0.29) is 28.9 Å². The first-order valence-corrected chi connectivity index (χ1v) is 9.58. The average Bonchev–Trinajstić information content (AvgIpc) is 3.23. The number of nitrogens with one attached hydrogen (secondary N) is 1. The Labute approximate surface area is 164 Å². The molecule has 1 atom stereocenters. The van der Waals surface area contributed by atoms with Gasteiger partial charge in [0.25, 0.3) is 5.91 Å². The highest BCUT2D eigenvalue weighted by atomic mass is 16.6. The summed E-state index contributed by atoms with van der Waals surface area (Å²) in [6.45, 7) is 4.53. The van der Waals surface area contributed by atoms with E-state index in [0.29, 0.717) is 13.2 Å². The van der Waals surface area contributed by atoms with Gasteiger partial charge in [0.05, 0.1) is 17.6 Å². The summed E-state index contributed by atoms with van der Waals surface area (Å²) < 4.78 is 5.28. The smallest absolute Gasteiger partial charge is 0.311 e. The first-order valence-electron chi connectivity index (χ1n) is 9.58. The van der Waals surface area contributed by atoms with Crippen molar-refractivity contribution in [3.8, 4) is 5.75 Å². The molecule has 1 amide bonds. The van der Waals surface area contributed by atoms with Crippen LogP contribution in [0.15, 0.2) is 48.5 Å². The predicted octanol–water partition coefficient (Wildman–Crippen LogP) is 3.56. The fourth-order valence-corrected chi connectivity index (χ4v) is 3.56. The van der Waals surface area contributed by atoms with E-state index in [1.54, 1.807) is 13.0 Å². The number of nitro groups is 1. The molecule has 2 aromatic rings. The van der Waals surface area contributed by atoms with E-state index >= 15 is 0 Å². The Balaban J connectivity index is 1.74. The SMILES string of the molecule is CCOc1ccc(C(=O)NCC(c2ccccc2)N2CCCC2)cc1[N+](=O)[O-]. The molecular weight excluding hydrogens is 358 g/mol. The van der Waals surface area contributed by atoms with E-state index in [1.165, 1.54) is 12.1 Å². The zero-order valence-corrected chi connectivity index (χ0v) is 16.0. The lowest BCUT2D eigenvalue weighted by molar-refractivity contribution is -0.385. The van der Waals surface area contributed by atoms with Crippen molar-refractivity contribution in [2.75, 3.05) is 26.2 Å². The summed E-state index contributed by atoms with van der Waals surface area (Å²) in [6.07, 6.45) is 2.31. The molecule has 3 rings (SSSR count). The molecule has 0 aromatic heterocycles. The molecular formula is C21H25N3O4. The average molecular weight is 383 g/mol. The van der Waals surface area contributed by atoms with Crippen LogP contribution >= 0.6 is 0 Å². The van der Waals surface area contributed by atoms with E-state index < -0.39 is 4.92 Å². The van der Waals surface area contributed by atoms with Crippen LogP contribution in [0.25, 0.3) is 0 Å². The monoisotopic (exact) mass is 383 g/mol. The Hall–Kier alpha value is -2.93. The normalized spacial score (nSPS) is 15.2. The van der Waals surface area contributed by atoms with Crippen LogP contribution in [0.5, 0.6) is 5.75 Å². The van der Waals surface area contributed by atoms with Crippen molar-refractivity contribution >= 4 is 11.6 Å². The first-order chi connectivity index (χ1) is 13.6. The van der Waals surface area contributed by atoms with Gasteiger partial charge in [0, 0.05) is 18.2 Å². The van der Waals surface area contributed by atoms with Crippen LogP contribution in [0.1, 0.15) is 41.7 Å². The minimum Gasteiger partial charge on any atom is -0.487 e. The molecule has 0 aliphatic carbocycles. The molecule has 2 aromatic carbocycles. The molecule has 1 heterocycles. The number of benzene rings is 2. The number of likely N-dealkylation sites (tertiary alicyclic amines) is 1. The van der Waals surface area contributed by atoms with Gasteiger partial charge in [-0.05, 0) is 50.6 Å². The Morgan fingerprint density at radius 1 is 1.21 bits per heavy atom. The number of carbonyl (C=O) groups excluding carboxylic acids is 1. The zero-order valence-electron chi connectivity index (χ0n) is 16.0. The Morgan fingerprint density at radius 2 is 1.93 bits per heavy atom. The summed E-state index contributed by atoms with van der Waals surface area (Å²) in [7, 11) is 0. The third kappa shape index (κ3) is 4.67. The standard InChI is InChI=1S/C21H25N3O4/c1-2-28-20-11-10-17(14-18(20)24(26)27)21(25)22-15-19(23-12-6-7-13-23)16-8-4-3-5-9-16/h3-5,8-11,14,19H,2,6-7,12-13,15H2,1H3,(H,22,25). The third-order valence-electron chi connectivity index (χ3n) is 4.94. The highest BCUT2D eigenvalue weighted by Gasteiger charge is 2.25. The van der Waals surface area contributed by atoms with Crippen molar-refractivity contribution in [3.63, 3.8) is 0 Å². The molecule has 28 heavy (non-hydrogen) atoms. The van der Waals surface area contributed by atoms with Gasteiger partial charge >= 0.3 is 5.69 Å². The fraction of sp³-hybridized carbons (Fsp3) is 0.381. The topological polar surface area (TPSA) is 84.7 Å². The lowest BCUT2D eigenvalue weighted by Gasteiger charge is -2.28. The van der Waals surface area contributed by atoms with Gasteiger partial charge < -0.3 is 10.1 Å². The minimum atomic E-state index is -0.529. The second-order valence-electron chi connectivity index (χ2n) is 6.75. The molecule has 1 N–H and O–H groups in total. The summed E-state index contributed by atoms with van der Waals surface area (Å²) in [5, 5.41) is 14.2. The first kappa shape index (κ1) is 19.8. The van der Waals surface area contributed by atoms with Gasteiger partial charge in [-0.2, -0.15) is 0 Å². The predicted molar refractivity (Wildman–Crippen MR) is 107 cm³/mol. The van der Waals surface area contributed by atoms with Crippen molar-refractivity contribution in [1.82, 2.24) is 10.2 Å². The largest absolute Gasteiger partial charge is 0.487 e. The van der Waals surface area contributed by atoms with Gasteiger partial charge in [0.1, 0.15) is 0 Å². The molecule has 1 unspecified atom stereocenters. The van der Waals surface area contributed by atoms with E-state index in [2.05, 4.69) is 22.3 Å². The third-order valence-corrected chi connectivity index (χ3v) is 4.94. The number of rotatable bonds is 8. The van der Waals surface area contributed by atoms with Gasteiger partial charge in [-0.3, -0.25) is 19.8 Å². The molecule has 1 aliphatic rings. The number of hydrogen-bond donors (Lipinski definition) is 1. The maximum atomic E-state index is 12.6. The van der Waals surface area contributed by atoms with Crippen molar-refractivity contribution < 1.29 is 14.5 Å². The summed E-state index contributed by atoms with van der Waals surface area (Å²) >= 11 is 0. The molecule has 7 nitrogen and oxygen atoms in total. The lowest BCUT2D eigenvalue weighted by Crippen LogP contribution is -2.36. The number of nitrogens with zero attached hydrogens (tertiary/aromatic N) is 2. The molecule has 0 bridgehead atoms. The van der Waals surface area contributed by atoms with E-state index in [9.17, 15) is 14.9 Å². The summed E-state index contributed by atoms with van der Waals surface area (Å²) in [6, 6.07) is 14.5. The zero-order chi connectivity index (χ0) is 19.9. The molecule has 0 saturated carbocycles. The van der Waals surface area contributed by atoms with Gasteiger partial charge in [-0.1, -0.05) is 30.3 Å². The molecule has 1 saturated heterocycles. The Kier molecular flexibility index (Phi) is 6.60. The minimum absolute atomic E-state index is 0.0883. The van der Waals surface area contributed by atoms with Crippen molar-refractivity contribution in [1.29, 1.82) is 0 Å². The molecule has 7 heteroatoms. The maximum Gasteiger partial charge on any atom is 0.311 e. The van der Waals surface area contributed by atoms with Crippen molar-refractivity contribution in [2.24, 2.45) is 0 Å². The number of hydrogen-bond acceptors (Lipinski definition) is 5. The van der Waals surface area contributed by atoms with E-state index in [4.69, 9.17) is 4.74 Å². The summed E-state index contributed by atoms with van der Waals surface area (Å²) in [5.41, 5.74) is 1.21.